The lowest BCUT2D eigenvalue weighted by molar-refractivity contribution is -0.121. The Morgan fingerprint density at radius 2 is 1.91 bits per heavy atom. The highest BCUT2D eigenvalue weighted by atomic mass is 19.1. The van der Waals surface area contributed by atoms with Crippen LogP contribution in [-0.2, 0) is 4.79 Å². The quantitative estimate of drug-likeness (QED) is 0.636. The number of nitrogens with one attached hydrogen (secondary N) is 2. The smallest absolute Gasteiger partial charge is 0.262 e. The molecule has 0 unspecified atom stereocenters. The van der Waals surface area contributed by atoms with Crippen molar-refractivity contribution >= 4 is 17.8 Å². The first-order valence-corrected chi connectivity index (χ1v) is 7.08. The minimum atomic E-state index is -0.503. The van der Waals surface area contributed by atoms with Crippen LogP contribution in [0.3, 0.4) is 0 Å². The first kappa shape index (κ1) is 16.5. The van der Waals surface area contributed by atoms with E-state index in [1.54, 1.807) is 32.2 Å². The summed E-state index contributed by atoms with van der Waals surface area (Å²) in [6.07, 6.45) is 1.45. The van der Waals surface area contributed by atoms with E-state index >= 15 is 0 Å². The zero-order valence-electron chi connectivity index (χ0n) is 12.9. The molecule has 0 bridgehead atoms. The summed E-state index contributed by atoms with van der Waals surface area (Å²) >= 11 is 0. The van der Waals surface area contributed by atoms with Gasteiger partial charge in [-0.25, -0.2) is 9.82 Å². The number of benzene rings is 2. The molecule has 0 aliphatic carbocycles. The maximum Gasteiger partial charge on any atom is 0.262 e. The van der Waals surface area contributed by atoms with Crippen LogP contribution in [0.2, 0.25) is 0 Å². The van der Waals surface area contributed by atoms with Crippen molar-refractivity contribution in [2.24, 2.45) is 5.10 Å². The minimum absolute atomic E-state index is 0.297. The van der Waals surface area contributed by atoms with Gasteiger partial charge in [-0.05, 0) is 36.8 Å². The highest BCUT2D eigenvalue weighted by Crippen LogP contribution is 2.23. The summed E-state index contributed by atoms with van der Waals surface area (Å²) in [6.45, 7) is 1.72. The lowest BCUT2D eigenvalue weighted by Crippen LogP contribution is -2.35. The van der Waals surface area contributed by atoms with Gasteiger partial charge in [0.15, 0.2) is 0 Å². The molecule has 1 amide bonds. The summed E-state index contributed by atoms with van der Waals surface area (Å²) in [5.74, 6) is 0.0389. The largest absolute Gasteiger partial charge is 0.495 e. The molecular formula is C17H18FN3O2. The van der Waals surface area contributed by atoms with Crippen LogP contribution in [0.15, 0.2) is 53.6 Å². The Morgan fingerprint density at radius 3 is 2.61 bits per heavy atom. The normalized spacial score (nSPS) is 12.0. The number of ether oxygens (including phenoxy) is 1. The summed E-state index contributed by atoms with van der Waals surface area (Å²) in [7, 11) is 1.57. The molecule has 0 aromatic heterocycles. The second-order valence-electron chi connectivity index (χ2n) is 4.85. The zero-order valence-corrected chi connectivity index (χ0v) is 12.9. The van der Waals surface area contributed by atoms with E-state index in [4.69, 9.17) is 4.74 Å². The molecular weight excluding hydrogens is 297 g/mol. The topological polar surface area (TPSA) is 62.7 Å². The third kappa shape index (κ3) is 4.81. The van der Waals surface area contributed by atoms with Crippen LogP contribution in [0.25, 0.3) is 0 Å². The zero-order chi connectivity index (χ0) is 16.7. The van der Waals surface area contributed by atoms with Crippen molar-refractivity contribution in [2.45, 2.75) is 13.0 Å². The third-order valence-electron chi connectivity index (χ3n) is 3.13. The van der Waals surface area contributed by atoms with E-state index in [0.29, 0.717) is 11.3 Å². The minimum Gasteiger partial charge on any atom is -0.495 e. The molecule has 2 aromatic carbocycles. The van der Waals surface area contributed by atoms with Gasteiger partial charge < -0.3 is 10.1 Å². The van der Waals surface area contributed by atoms with Gasteiger partial charge in [0.2, 0.25) is 0 Å². The number of carbonyl (C=O) groups is 1. The van der Waals surface area contributed by atoms with Crippen LogP contribution in [0.5, 0.6) is 5.75 Å². The molecule has 23 heavy (non-hydrogen) atoms. The van der Waals surface area contributed by atoms with E-state index in [1.165, 1.54) is 18.3 Å². The van der Waals surface area contributed by atoms with Crippen molar-refractivity contribution in [3.8, 4) is 5.75 Å². The average molecular weight is 315 g/mol. The number of carbonyl (C=O) groups excluding carboxylic acids is 1. The van der Waals surface area contributed by atoms with Gasteiger partial charge in [0.25, 0.3) is 5.91 Å². The van der Waals surface area contributed by atoms with Crippen LogP contribution in [-0.4, -0.2) is 25.3 Å². The molecule has 2 rings (SSSR count). The number of halogens is 1. The van der Waals surface area contributed by atoms with Crippen LogP contribution >= 0.6 is 0 Å². The maximum absolute atomic E-state index is 12.8. The van der Waals surface area contributed by atoms with Gasteiger partial charge in [0, 0.05) is 0 Å². The standard InChI is InChI=1S/C17H18FN3O2/c1-12(20-15-5-3-4-6-16(15)23-2)17(22)21-19-11-13-7-9-14(18)10-8-13/h3-12,20H,1-2H3,(H,21,22)/t12-/m0/s1. The van der Waals surface area contributed by atoms with E-state index in [9.17, 15) is 9.18 Å². The van der Waals surface area contributed by atoms with E-state index in [2.05, 4.69) is 15.8 Å². The third-order valence-corrected chi connectivity index (χ3v) is 3.13. The second-order valence-corrected chi connectivity index (χ2v) is 4.85. The number of hydrogen-bond donors (Lipinski definition) is 2. The monoisotopic (exact) mass is 315 g/mol. The Labute approximate surface area is 134 Å². The van der Waals surface area contributed by atoms with E-state index < -0.39 is 6.04 Å². The Kier molecular flexibility index (Phi) is 5.68. The van der Waals surface area contributed by atoms with Crippen LogP contribution < -0.4 is 15.5 Å². The summed E-state index contributed by atoms with van der Waals surface area (Å²) in [5.41, 5.74) is 3.85. The molecule has 0 aliphatic rings. The van der Waals surface area contributed by atoms with E-state index in [1.807, 2.05) is 18.2 Å². The number of methoxy groups -OCH3 is 1. The molecule has 1 atom stereocenters. The van der Waals surface area contributed by atoms with Gasteiger partial charge in [-0.15, -0.1) is 0 Å². The highest BCUT2D eigenvalue weighted by Gasteiger charge is 2.13. The predicted molar refractivity (Wildman–Crippen MR) is 88.2 cm³/mol. The summed E-state index contributed by atoms with van der Waals surface area (Å²) in [4.78, 5) is 12.0. The van der Waals surface area contributed by atoms with Crippen LogP contribution in [0.4, 0.5) is 10.1 Å². The van der Waals surface area contributed by atoms with Crippen molar-refractivity contribution in [1.82, 2.24) is 5.43 Å². The number of hydrazone groups is 1. The average Bonchev–Trinajstić information content (AvgIpc) is 2.57. The van der Waals surface area contributed by atoms with E-state index in [0.717, 1.165) is 5.69 Å². The molecule has 0 heterocycles. The molecule has 2 aromatic rings. The van der Waals surface area contributed by atoms with Gasteiger partial charge in [-0.2, -0.15) is 5.10 Å². The van der Waals surface area contributed by atoms with Crippen LogP contribution in [0.1, 0.15) is 12.5 Å². The fourth-order valence-corrected chi connectivity index (χ4v) is 1.88. The van der Waals surface area contributed by atoms with Crippen molar-refractivity contribution in [3.63, 3.8) is 0 Å². The number of anilines is 1. The molecule has 0 aliphatic heterocycles. The number of hydrogen-bond acceptors (Lipinski definition) is 4. The molecule has 0 saturated heterocycles. The molecule has 2 N–H and O–H groups in total. The summed E-state index contributed by atoms with van der Waals surface area (Å²) in [6, 6.07) is 12.6. The first-order chi connectivity index (χ1) is 11.1. The highest BCUT2D eigenvalue weighted by molar-refractivity contribution is 5.86. The number of amides is 1. The van der Waals surface area contributed by atoms with Crippen molar-refractivity contribution in [2.75, 3.05) is 12.4 Å². The summed E-state index contributed by atoms with van der Waals surface area (Å²) in [5, 5.41) is 6.92. The molecule has 0 radical (unpaired) electrons. The molecule has 120 valence electrons. The van der Waals surface area contributed by atoms with Crippen LogP contribution in [0, 0.1) is 5.82 Å². The fourth-order valence-electron chi connectivity index (χ4n) is 1.88. The SMILES string of the molecule is COc1ccccc1N[C@@H](C)C(=O)NN=Cc1ccc(F)cc1. The van der Waals surface area contributed by atoms with Gasteiger partial charge in [0.1, 0.15) is 17.6 Å². The number of para-hydroxylation sites is 2. The molecule has 6 heteroatoms. The Balaban J connectivity index is 1.91. The maximum atomic E-state index is 12.8. The predicted octanol–water partition coefficient (Wildman–Crippen LogP) is 2.79. The molecule has 0 saturated carbocycles. The second kappa shape index (κ2) is 7.93. The molecule has 5 nitrogen and oxygen atoms in total. The van der Waals surface area contributed by atoms with Gasteiger partial charge in [-0.1, -0.05) is 24.3 Å². The first-order valence-electron chi connectivity index (χ1n) is 7.08. The lowest BCUT2D eigenvalue weighted by Gasteiger charge is -2.15. The Bertz CT molecular complexity index is 686. The molecule has 0 fully saturated rings. The Hall–Kier alpha value is -2.89. The van der Waals surface area contributed by atoms with Gasteiger partial charge in [0.05, 0.1) is 19.0 Å². The fraction of sp³-hybridized carbons (Fsp3) is 0.176. The van der Waals surface area contributed by atoms with E-state index in [-0.39, 0.29) is 11.7 Å². The Morgan fingerprint density at radius 1 is 1.22 bits per heavy atom. The lowest BCUT2D eigenvalue weighted by atomic mass is 10.2. The number of rotatable bonds is 6. The molecule has 0 spiro atoms. The van der Waals surface area contributed by atoms with Crippen molar-refractivity contribution in [3.05, 3.63) is 59.9 Å². The number of nitrogens with zero attached hydrogens (tertiary/aromatic N) is 1. The summed E-state index contributed by atoms with van der Waals surface area (Å²) < 4.78 is 18.0. The van der Waals surface area contributed by atoms with Gasteiger partial charge >= 0.3 is 0 Å². The van der Waals surface area contributed by atoms with Gasteiger partial charge in [-0.3, -0.25) is 4.79 Å². The van der Waals surface area contributed by atoms with Crippen molar-refractivity contribution in [1.29, 1.82) is 0 Å². The van der Waals surface area contributed by atoms with Crippen molar-refractivity contribution < 1.29 is 13.9 Å².